The van der Waals surface area contributed by atoms with Crippen LogP contribution in [0.1, 0.15) is 23.2 Å². The van der Waals surface area contributed by atoms with E-state index >= 15 is 0 Å². The van der Waals surface area contributed by atoms with E-state index in [0.29, 0.717) is 12.1 Å². The fourth-order valence-corrected chi connectivity index (χ4v) is 2.66. The van der Waals surface area contributed by atoms with E-state index in [0.717, 1.165) is 25.9 Å². The summed E-state index contributed by atoms with van der Waals surface area (Å²) in [6.07, 6.45) is 1.00. The van der Waals surface area contributed by atoms with Crippen molar-refractivity contribution in [3.05, 3.63) is 35.9 Å². The molecule has 0 unspecified atom stereocenters. The van der Waals surface area contributed by atoms with Crippen molar-refractivity contribution in [3.63, 3.8) is 0 Å². The smallest absolute Gasteiger partial charge is 0.417 e. The van der Waals surface area contributed by atoms with Gasteiger partial charge in [0, 0.05) is 18.4 Å². The van der Waals surface area contributed by atoms with E-state index < -0.39 is 11.7 Å². The first-order chi connectivity index (χ1) is 9.20. The summed E-state index contributed by atoms with van der Waals surface area (Å²) in [6.45, 7) is 2.00. The second kappa shape index (κ2) is 4.66. The Balaban J connectivity index is 1.79. The molecule has 1 N–H and O–H groups in total. The maximum atomic E-state index is 12.3. The molecular weight excluding hydrogens is 244 g/mol. The van der Waals surface area contributed by atoms with Crippen molar-refractivity contribution in [1.82, 2.24) is 10.2 Å². The number of benzene rings is 1. The predicted molar refractivity (Wildman–Crippen MR) is 68.8 cm³/mol. The van der Waals surface area contributed by atoms with Gasteiger partial charge in [-0.1, -0.05) is 18.2 Å². The molecule has 5 heteroatoms. The molecule has 0 saturated carbocycles. The molecule has 2 fully saturated rings. The largest absolute Gasteiger partial charge is 0.440 e. The van der Waals surface area contributed by atoms with Gasteiger partial charge >= 0.3 is 6.09 Å². The molecule has 0 aromatic heterocycles. The number of rotatable bonds is 1. The summed E-state index contributed by atoms with van der Waals surface area (Å²) in [7, 11) is 0. The minimum atomic E-state index is -0.518. The van der Waals surface area contributed by atoms with Crippen LogP contribution in [-0.4, -0.2) is 42.1 Å². The van der Waals surface area contributed by atoms with Crippen molar-refractivity contribution in [2.45, 2.75) is 18.4 Å². The van der Waals surface area contributed by atoms with Crippen LogP contribution in [0.4, 0.5) is 4.79 Å². The van der Waals surface area contributed by atoms with E-state index in [1.54, 1.807) is 24.3 Å². The van der Waals surface area contributed by atoms with Crippen molar-refractivity contribution in [2.75, 3.05) is 19.6 Å². The number of ether oxygens (including phenoxy) is 1. The van der Waals surface area contributed by atoms with Crippen molar-refractivity contribution in [1.29, 1.82) is 0 Å². The number of amides is 2. The first kappa shape index (κ1) is 12.2. The lowest BCUT2D eigenvalue weighted by atomic mass is 9.92. The summed E-state index contributed by atoms with van der Waals surface area (Å²) in [5.41, 5.74) is 0.0395. The zero-order chi connectivity index (χ0) is 13.3. The molecular formula is C14H16N2O3. The molecule has 0 aliphatic carbocycles. The highest BCUT2D eigenvalue weighted by molar-refractivity contribution is 6.03. The SMILES string of the molecule is O=C1OC2(CCNCC2)CN1C(=O)c1ccccc1. The molecule has 1 aromatic carbocycles. The Morgan fingerprint density at radius 3 is 2.58 bits per heavy atom. The highest BCUT2D eigenvalue weighted by Crippen LogP contribution is 2.31. The van der Waals surface area contributed by atoms with E-state index in [2.05, 4.69) is 5.32 Å². The summed E-state index contributed by atoms with van der Waals surface area (Å²) in [5.74, 6) is -0.277. The van der Waals surface area contributed by atoms with Gasteiger partial charge < -0.3 is 10.1 Å². The number of nitrogens with one attached hydrogen (secondary N) is 1. The zero-order valence-corrected chi connectivity index (χ0v) is 10.6. The topological polar surface area (TPSA) is 58.6 Å². The average Bonchev–Trinajstić information content (AvgIpc) is 2.76. The number of nitrogens with zero attached hydrogens (tertiary/aromatic N) is 1. The van der Waals surface area contributed by atoms with Gasteiger partial charge in [0.2, 0.25) is 0 Å². The Morgan fingerprint density at radius 2 is 1.89 bits per heavy atom. The van der Waals surface area contributed by atoms with Crippen LogP contribution in [0.5, 0.6) is 0 Å². The Bertz CT molecular complexity index is 495. The van der Waals surface area contributed by atoms with Crippen LogP contribution in [-0.2, 0) is 4.74 Å². The van der Waals surface area contributed by atoms with Crippen molar-refractivity contribution < 1.29 is 14.3 Å². The van der Waals surface area contributed by atoms with Gasteiger partial charge in [-0.2, -0.15) is 0 Å². The number of imide groups is 1. The molecule has 0 atom stereocenters. The summed E-state index contributed by atoms with van der Waals surface area (Å²) < 4.78 is 5.47. The number of hydrogen-bond acceptors (Lipinski definition) is 4. The maximum absolute atomic E-state index is 12.3. The number of carbonyl (C=O) groups excluding carboxylic acids is 2. The summed E-state index contributed by atoms with van der Waals surface area (Å²) >= 11 is 0. The van der Waals surface area contributed by atoms with Gasteiger partial charge in [-0.25, -0.2) is 9.69 Å². The molecule has 100 valence electrons. The van der Waals surface area contributed by atoms with Crippen LogP contribution < -0.4 is 5.32 Å². The lowest BCUT2D eigenvalue weighted by Gasteiger charge is -2.31. The molecule has 2 saturated heterocycles. The molecule has 3 rings (SSSR count). The van der Waals surface area contributed by atoms with E-state index in [4.69, 9.17) is 4.74 Å². The molecule has 2 aliphatic rings. The van der Waals surface area contributed by atoms with E-state index in [9.17, 15) is 9.59 Å². The number of carbonyl (C=O) groups is 2. The molecule has 0 radical (unpaired) electrons. The third kappa shape index (κ3) is 2.21. The summed E-state index contributed by atoms with van der Waals surface area (Å²) in [5, 5.41) is 3.23. The van der Waals surface area contributed by atoms with Gasteiger partial charge in [0.1, 0.15) is 5.60 Å². The van der Waals surface area contributed by atoms with Crippen molar-refractivity contribution in [3.8, 4) is 0 Å². The Hall–Kier alpha value is -1.88. The van der Waals surface area contributed by atoms with Gasteiger partial charge in [-0.3, -0.25) is 4.79 Å². The van der Waals surface area contributed by atoms with Crippen molar-refractivity contribution >= 4 is 12.0 Å². The van der Waals surface area contributed by atoms with Crippen LogP contribution in [0.15, 0.2) is 30.3 Å². The third-order valence-corrected chi connectivity index (χ3v) is 3.75. The van der Waals surface area contributed by atoms with Crippen LogP contribution in [0.25, 0.3) is 0 Å². The monoisotopic (exact) mass is 260 g/mol. The van der Waals surface area contributed by atoms with Crippen LogP contribution in [0.3, 0.4) is 0 Å². The molecule has 1 aromatic rings. The highest BCUT2D eigenvalue weighted by atomic mass is 16.6. The quantitative estimate of drug-likeness (QED) is 0.829. The van der Waals surface area contributed by atoms with Gasteiger partial charge in [0.25, 0.3) is 5.91 Å². The Kier molecular flexibility index (Phi) is 2.98. The van der Waals surface area contributed by atoms with Gasteiger partial charge in [-0.15, -0.1) is 0 Å². The highest BCUT2D eigenvalue weighted by Gasteiger charge is 2.48. The first-order valence-corrected chi connectivity index (χ1v) is 6.51. The summed E-state index contributed by atoms with van der Waals surface area (Å²) in [4.78, 5) is 25.4. The van der Waals surface area contributed by atoms with Crippen LogP contribution in [0.2, 0.25) is 0 Å². The van der Waals surface area contributed by atoms with Crippen molar-refractivity contribution in [2.24, 2.45) is 0 Å². The molecule has 1 spiro atoms. The molecule has 19 heavy (non-hydrogen) atoms. The van der Waals surface area contributed by atoms with Crippen LogP contribution >= 0.6 is 0 Å². The fourth-order valence-electron chi connectivity index (χ4n) is 2.66. The normalized spacial score (nSPS) is 21.5. The minimum Gasteiger partial charge on any atom is -0.440 e. The lowest BCUT2D eigenvalue weighted by Crippen LogP contribution is -2.45. The summed E-state index contributed by atoms with van der Waals surface area (Å²) in [6, 6.07) is 8.84. The van der Waals surface area contributed by atoms with Crippen LogP contribution in [0, 0.1) is 0 Å². The van der Waals surface area contributed by atoms with Gasteiger partial charge in [0.05, 0.1) is 6.54 Å². The van der Waals surface area contributed by atoms with E-state index in [1.165, 1.54) is 4.90 Å². The Morgan fingerprint density at radius 1 is 1.21 bits per heavy atom. The van der Waals surface area contributed by atoms with E-state index in [1.807, 2.05) is 6.07 Å². The average molecular weight is 260 g/mol. The molecule has 2 amide bonds. The number of hydrogen-bond donors (Lipinski definition) is 1. The van der Waals surface area contributed by atoms with Gasteiger partial charge in [-0.05, 0) is 25.2 Å². The zero-order valence-electron chi connectivity index (χ0n) is 10.6. The predicted octanol–water partition coefficient (Wildman–Crippen LogP) is 1.40. The lowest BCUT2D eigenvalue weighted by molar-refractivity contribution is 0.0316. The minimum absolute atomic E-state index is 0.277. The van der Waals surface area contributed by atoms with E-state index in [-0.39, 0.29) is 5.91 Å². The Labute approximate surface area is 111 Å². The molecule has 2 heterocycles. The number of piperidine rings is 1. The third-order valence-electron chi connectivity index (χ3n) is 3.75. The molecule has 5 nitrogen and oxygen atoms in total. The second-order valence-corrected chi connectivity index (χ2v) is 5.06. The van der Waals surface area contributed by atoms with Gasteiger partial charge in [0.15, 0.2) is 0 Å². The first-order valence-electron chi connectivity index (χ1n) is 6.51. The maximum Gasteiger partial charge on any atom is 0.417 e. The second-order valence-electron chi connectivity index (χ2n) is 5.06. The molecule has 2 aliphatic heterocycles. The standard InChI is InChI=1S/C14H16N2O3/c17-12(11-4-2-1-3-5-11)16-10-14(19-13(16)18)6-8-15-9-7-14/h1-5,15H,6-10H2. The molecule has 0 bridgehead atoms. The fraction of sp³-hybridized carbons (Fsp3) is 0.429.